The number of piperidine rings is 1. The third kappa shape index (κ3) is 7.14. The third-order valence-electron chi connectivity index (χ3n) is 10.3. The van der Waals surface area contributed by atoms with Crippen LogP contribution in [0.5, 0.6) is 23.0 Å². The van der Waals surface area contributed by atoms with E-state index in [0.717, 1.165) is 62.4 Å². The fourth-order valence-electron chi connectivity index (χ4n) is 7.91. The molecule has 0 bridgehead atoms. The molecule has 0 saturated carbocycles. The largest absolute Gasteiger partial charge is 0.493 e. The van der Waals surface area contributed by atoms with Gasteiger partial charge >= 0.3 is 0 Å². The van der Waals surface area contributed by atoms with Crippen LogP contribution in [0.3, 0.4) is 0 Å². The highest BCUT2D eigenvalue weighted by Gasteiger charge is 2.42. The third-order valence-corrected chi connectivity index (χ3v) is 10.6. The molecule has 0 radical (unpaired) electrons. The molecule has 0 aromatic heterocycles. The number of carbonyl (C=O) groups excluding carboxylic acids is 1. The van der Waals surface area contributed by atoms with Gasteiger partial charge in [0.05, 0.1) is 41.0 Å². The van der Waals surface area contributed by atoms with Crippen molar-refractivity contribution in [2.75, 3.05) is 79.5 Å². The molecule has 8 nitrogen and oxygen atoms in total. The van der Waals surface area contributed by atoms with E-state index >= 15 is 0 Å². The number of carbonyl (C=O) groups is 1. The van der Waals surface area contributed by atoms with E-state index in [9.17, 15) is 4.79 Å². The fraction of sp³-hybridized carbons (Fsp3) is 0.629. The van der Waals surface area contributed by atoms with E-state index in [2.05, 4.69) is 45.9 Å². The Hall–Kier alpha value is -2.39. The number of methoxy groups -OCH3 is 4. The molecule has 1 amide bonds. The van der Waals surface area contributed by atoms with Crippen LogP contribution in [0.25, 0.3) is 0 Å². The molecule has 3 heterocycles. The highest BCUT2D eigenvalue weighted by atomic mass is 35.5. The van der Waals surface area contributed by atoms with Crippen LogP contribution in [0.4, 0.5) is 0 Å². The van der Waals surface area contributed by atoms with Gasteiger partial charge < -0.3 is 23.8 Å². The van der Waals surface area contributed by atoms with E-state index in [4.69, 9.17) is 42.1 Å². The number of benzene rings is 2. The number of halogens is 2. The van der Waals surface area contributed by atoms with Crippen molar-refractivity contribution in [1.29, 1.82) is 0 Å². The smallest absolute Gasteiger partial charge is 0.237 e. The summed E-state index contributed by atoms with van der Waals surface area (Å²) in [6.07, 6.45) is 4.81. The lowest BCUT2D eigenvalue weighted by Gasteiger charge is -2.49. The average Bonchev–Trinajstić information content (AvgIpc) is 3.06. The standard InChI is InChI=1S/C35H49Cl2N3O5/c1-6-23-21-39-11-7-24-17-31(42-2)33(44-4)19-27(24)29(39)15-26(23)16-30-28-20-34(45-5)32(43-3)18-25(28)8-12-40(30)35(41)22-38(13-9-36)14-10-37/h17-20,23,26,29-30H,6-16,21-22H2,1-5H3/t23-,26-,29-,30+/m0/s1. The number of fused-ring (bicyclic) bond motifs is 4. The van der Waals surface area contributed by atoms with E-state index in [1.165, 1.54) is 22.3 Å². The summed E-state index contributed by atoms with van der Waals surface area (Å²) < 4.78 is 22.8. The summed E-state index contributed by atoms with van der Waals surface area (Å²) in [5.74, 6) is 5.02. The first kappa shape index (κ1) is 34.0. The zero-order valence-electron chi connectivity index (χ0n) is 27.5. The van der Waals surface area contributed by atoms with Crippen LogP contribution in [-0.4, -0.2) is 100 Å². The minimum Gasteiger partial charge on any atom is -0.493 e. The normalized spacial score (nSPS) is 22.8. The average molecular weight is 663 g/mol. The molecular formula is C35H49Cl2N3O5. The Morgan fingerprint density at radius 2 is 1.38 bits per heavy atom. The van der Waals surface area contributed by atoms with Crippen LogP contribution in [-0.2, 0) is 17.6 Å². The lowest BCUT2D eigenvalue weighted by atomic mass is 9.72. The molecule has 0 N–H and O–H groups in total. The van der Waals surface area contributed by atoms with Crippen molar-refractivity contribution in [3.63, 3.8) is 0 Å². The molecule has 1 fully saturated rings. The summed E-state index contributed by atoms with van der Waals surface area (Å²) in [6, 6.07) is 8.82. The van der Waals surface area contributed by atoms with Crippen molar-refractivity contribution in [1.82, 2.24) is 14.7 Å². The molecule has 2 aromatic rings. The second-order valence-electron chi connectivity index (χ2n) is 12.5. The highest BCUT2D eigenvalue weighted by Crippen LogP contribution is 2.49. The van der Waals surface area contributed by atoms with Gasteiger partial charge in [0.15, 0.2) is 23.0 Å². The molecule has 2 aromatic carbocycles. The van der Waals surface area contributed by atoms with Gasteiger partial charge in [0.1, 0.15) is 0 Å². The molecule has 1 saturated heterocycles. The summed E-state index contributed by atoms with van der Waals surface area (Å²) in [5, 5.41) is 0. The number of rotatable bonds is 13. The second-order valence-corrected chi connectivity index (χ2v) is 13.2. The molecule has 0 unspecified atom stereocenters. The molecule has 3 aliphatic rings. The highest BCUT2D eigenvalue weighted by molar-refractivity contribution is 6.18. The number of amides is 1. The maximum atomic E-state index is 14.1. The summed E-state index contributed by atoms with van der Waals surface area (Å²) in [7, 11) is 6.76. The summed E-state index contributed by atoms with van der Waals surface area (Å²) >= 11 is 12.2. The molecule has 45 heavy (non-hydrogen) atoms. The Balaban J connectivity index is 1.49. The van der Waals surface area contributed by atoms with E-state index in [0.29, 0.717) is 61.6 Å². The molecule has 5 rings (SSSR count). The second kappa shape index (κ2) is 15.5. The zero-order valence-corrected chi connectivity index (χ0v) is 29.0. The van der Waals surface area contributed by atoms with Gasteiger partial charge in [0.2, 0.25) is 5.91 Å². The first-order valence-electron chi connectivity index (χ1n) is 16.3. The number of alkyl halides is 2. The fourth-order valence-corrected chi connectivity index (χ4v) is 8.39. The van der Waals surface area contributed by atoms with Gasteiger partial charge in [0, 0.05) is 50.5 Å². The first-order chi connectivity index (χ1) is 21.9. The lowest BCUT2D eigenvalue weighted by molar-refractivity contribution is -0.136. The van der Waals surface area contributed by atoms with Crippen molar-refractivity contribution >= 4 is 29.1 Å². The quantitative estimate of drug-likeness (QED) is 0.246. The Morgan fingerprint density at radius 1 is 0.822 bits per heavy atom. The Kier molecular flexibility index (Phi) is 11.7. The van der Waals surface area contributed by atoms with E-state index < -0.39 is 0 Å². The van der Waals surface area contributed by atoms with Gasteiger partial charge in [-0.15, -0.1) is 23.2 Å². The molecule has 10 heteroatoms. The van der Waals surface area contributed by atoms with E-state index in [-0.39, 0.29) is 11.9 Å². The van der Waals surface area contributed by atoms with Gasteiger partial charge in [-0.1, -0.05) is 13.3 Å². The van der Waals surface area contributed by atoms with Crippen molar-refractivity contribution in [2.24, 2.45) is 11.8 Å². The minimum absolute atomic E-state index is 0.0611. The van der Waals surface area contributed by atoms with Crippen LogP contribution in [0.1, 0.15) is 60.5 Å². The lowest BCUT2D eigenvalue weighted by Crippen LogP contribution is -2.49. The SMILES string of the molecule is CC[C@H]1CN2CCc3cc(OC)c(OC)cc3[C@@H]2C[C@H]1C[C@@H]1c2cc(OC)c(OC)cc2CCN1C(=O)CN(CCCl)CCCl. The summed E-state index contributed by atoms with van der Waals surface area (Å²) in [6.45, 7) is 6.65. The number of hydrogen-bond acceptors (Lipinski definition) is 7. The first-order valence-corrected chi connectivity index (χ1v) is 17.3. The van der Waals surface area contributed by atoms with E-state index in [1.807, 2.05) is 0 Å². The molecule has 0 aliphatic carbocycles. The molecular weight excluding hydrogens is 613 g/mol. The van der Waals surface area contributed by atoms with Gasteiger partial charge in [-0.3, -0.25) is 14.6 Å². The number of nitrogens with zero attached hydrogens (tertiary/aromatic N) is 3. The van der Waals surface area contributed by atoms with Crippen molar-refractivity contribution in [3.8, 4) is 23.0 Å². The van der Waals surface area contributed by atoms with Gasteiger partial charge in [-0.25, -0.2) is 0 Å². The Morgan fingerprint density at radius 3 is 1.96 bits per heavy atom. The van der Waals surface area contributed by atoms with Gasteiger partial charge in [-0.05, 0) is 84.0 Å². The predicted molar refractivity (Wildman–Crippen MR) is 180 cm³/mol. The predicted octanol–water partition coefficient (Wildman–Crippen LogP) is 5.96. The zero-order chi connectivity index (χ0) is 32.1. The van der Waals surface area contributed by atoms with Crippen LogP contribution in [0.15, 0.2) is 24.3 Å². The van der Waals surface area contributed by atoms with Crippen molar-refractivity contribution in [3.05, 3.63) is 46.5 Å². The Labute approximate surface area is 278 Å². The van der Waals surface area contributed by atoms with Gasteiger partial charge in [0.25, 0.3) is 0 Å². The van der Waals surface area contributed by atoms with Crippen molar-refractivity contribution in [2.45, 2.75) is 51.1 Å². The molecule has 3 aliphatic heterocycles. The number of hydrogen-bond donors (Lipinski definition) is 0. The minimum atomic E-state index is -0.0611. The van der Waals surface area contributed by atoms with Crippen molar-refractivity contribution < 1.29 is 23.7 Å². The maximum Gasteiger partial charge on any atom is 0.237 e. The molecule has 0 spiro atoms. The number of ether oxygens (including phenoxy) is 4. The topological polar surface area (TPSA) is 63.7 Å². The summed E-state index contributed by atoms with van der Waals surface area (Å²) in [4.78, 5) is 20.9. The Bertz CT molecular complexity index is 1320. The van der Waals surface area contributed by atoms with E-state index in [1.54, 1.807) is 28.4 Å². The molecule has 4 atom stereocenters. The van der Waals surface area contributed by atoms with Crippen LogP contribution in [0, 0.1) is 11.8 Å². The van der Waals surface area contributed by atoms with Crippen LogP contribution in [0.2, 0.25) is 0 Å². The van der Waals surface area contributed by atoms with Gasteiger partial charge in [-0.2, -0.15) is 0 Å². The molecule has 248 valence electrons. The maximum absolute atomic E-state index is 14.1. The van der Waals surface area contributed by atoms with Crippen LogP contribution < -0.4 is 18.9 Å². The monoisotopic (exact) mass is 661 g/mol. The van der Waals surface area contributed by atoms with Crippen LogP contribution >= 0.6 is 23.2 Å². The summed E-state index contributed by atoms with van der Waals surface area (Å²) in [5.41, 5.74) is 5.09.